The zero-order valence-corrected chi connectivity index (χ0v) is 22.9. The summed E-state index contributed by atoms with van der Waals surface area (Å²) >= 11 is 0. The van der Waals surface area contributed by atoms with Gasteiger partial charge in [-0.05, 0) is 84.3 Å². The molecular formula is C32H38N6O. The lowest BCUT2D eigenvalue weighted by Crippen LogP contribution is -2.53. The van der Waals surface area contributed by atoms with Crippen LogP contribution in [0.1, 0.15) is 42.0 Å². The predicted molar refractivity (Wildman–Crippen MR) is 154 cm³/mol. The maximum Gasteiger partial charge on any atom is 0.335 e. The number of benzene rings is 1. The molecule has 0 saturated carbocycles. The lowest BCUT2D eigenvalue weighted by Gasteiger charge is -2.40. The van der Waals surface area contributed by atoms with Crippen LogP contribution in [0.25, 0.3) is 0 Å². The van der Waals surface area contributed by atoms with Gasteiger partial charge >= 0.3 is 6.03 Å². The van der Waals surface area contributed by atoms with Gasteiger partial charge in [-0.1, -0.05) is 37.3 Å². The number of urea groups is 1. The number of hydrogen-bond donors (Lipinski definition) is 0. The highest BCUT2D eigenvalue weighted by molar-refractivity contribution is 5.74. The van der Waals surface area contributed by atoms with E-state index in [1.807, 2.05) is 72.2 Å². The Morgan fingerprint density at radius 1 is 0.667 bits per heavy atom. The molecule has 0 bridgehead atoms. The molecule has 3 aromatic heterocycles. The van der Waals surface area contributed by atoms with E-state index < -0.39 is 0 Å². The van der Waals surface area contributed by atoms with E-state index in [0.29, 0.717) is 13.1 Å². The summed E-state index contributed by atoms with van der Waals surface area (Å²) in [5.41, 5.74) is 4.61. The van der Waals surface area contributed by atoms with Crippen molar-refractivity contribution < 1.29 is 4.79 Å². The molecule has 39 heavy (non-hydrogen) atoms. The number of carbonyl (C=O) groups excluding carboxylic acids is 1. The number of rotatable bonds is 13. The third-order valence-corrected chi connectivity index (χ3v) is 7.09. The Morgan fingerprint density at radius 2 is 1.13 bits per heavy atom. The fourth-order valence-corrected chi connectivity index (χ4v) is 4.67. The van der Waals surface area contributed by atoms with Gasteiger partial charge in [0, 0.05) is 63.4 Å². The largest absolute Gasteiger partial charge is 0.335 e. The maximum atomic E-state index is 14.5. The van der Waals surface area contributed by atoms with Gasteiger partial charge in [0.1, 0.15) is 0 Å². The van der Waals surface area contributed by atoms with E-state index in [0.717, 1.165) is 43.4 Å². The molecule has 2 amide bonds. The van der Waals surface area contributed by atoms with E-state index in [2.05, 4.69) is 63.2 Å². The van der Waals surface area contributed by atoms with Gasteiger partial charge in [0.05, 0.1) is 6.54 Å². The molecule has 4 rings (SSSR count). The van der Waals surface area contributed by atoms with Crippen LogP contribution in [0.15, 0.2) is 104 Å². The van der Waals surface area contributed by atoms with Crippen molar-refractivity contribution in [3.63, 3.8) is 0 Å². The molecule has 0 spiro atoms. The van der Waals surface area contributed by atoms with Crippen molar-refractivity contribution in [2.45, 2.75) is 51.7 Å². The molecule has 0 saturated heterocycles. The quantitative estimate of drug-likeness (QED) is 0.208. The van der Waals surface area contributed by atoms with Crippen LogP contribution in [0.2, 0.25) is 0 Å². The number of pyridine rings is 3. The van der Waals surface area contributed by atoms with Crippen molar-refractivity contribution in [2.75, 3.05) is 13.6 Å². The molecule has 0 fully saturated rings. The number of aromatic nitrogens is 3. The summed E-state index contributed by atoms with van der Waals surface area (Å²) in [6.07, 6.45) is 14.3. The molecule has 0 N–H and O–H groups in total. The van der Waals surface area contributed by atoms with Crippen molar-refractivity contribution in [1.29, 1.82) is 0 Å². The van der Waals surface area contributed by atoms with Crippen molar-refractivity contribution in [1.82, 2.24) is 29.9 Å². The van der Waals surface area contributed by atoms with E-state index in [1.54, 1.807) is 12.4 Å². The predicted octanol–water partition coefficient (Wildman–Crippen LogP) is 5.80. The molecule has 202 valence electrons. The van der Waals surface area contributed by atoms with Crippen LogP contribution in [-0.2, 0) is 25.9 Å². The molecule has 7 nitrogen and oxygen atoms in total. The number of amides is 2. The molecule has 7 heteroatoms. The van der Waals surface area contributed by atoms with Crippen molar-refractivity contribution >= 4 is 6.03 Å². The Labute approximate surface area is 232 Å². The van der Waals surface area contributed by atoms with Gasteiger partial charge < -0.3 is 4.90 Å². The summed E-state index contributed by atoms with van der Waals surface area (Å²) in [6, 6.07) is 22.4. The van der Waals surface area contributed by atoms with Crippen LogP contribution in [0, 0.1) is 0 Å². The summed E-state index contributed by atoms with van der Waals surface area (Å²) in [7, 11) is 1.98. The first kappa shape index (κ1) is 27.9. The summed E-state index contributed by atoms with van der Waals surface area (Å²) in [5, 5.41) is 3.89. The van der Waals surface area contributed by atoms with Crippen molar-refractivity contribution in [3.8, 4) is 0 Å². The van der Waals surface area contributed by atoms with Crippen molar-refractivity contribution in [2.24, 2.45) is 0 Å². The van der Waals surface area contributed by atoms with Gasteiger partial charge in [-0.3, -0.25) is 20.0 Å². The average Bonchev–Trinajstić information content (AvgIpc) is 3.00. The first-order valence-corrected chi connectivity index (χ1v) is 13.6. The first-order valence-electron chi connectivity index (χ1n) is 13.6. The fourth-order valence-electron chi connectivity index (χ4n) is 4.67. The minimum atomic E-state index is 0.00877. The Bertz CT molecular complexity index is 1200. The van der Waals surface area contributed by atoms with Gasteiger partial charge in [0.25, 0.3) is 0 Å². The van der Waals surface area contributed by atoms with E-state index in [-0.39, 0.29) is 12.1 Å². The Balaban J connectivity index is 1.65. The number of nitrogens with zero attached hydrogens (tertiary/aromatic N) is 6. The van der Waals surface area contributed by atoms with E-state index >= 15 is 0 Å². The topological polar surface area (TPSA) is 65.5 Å². The molecule has 3 heterocycles. The minimum absolute atomic E-state index is 0.00877. The molecule has 0 aliphatic carbocycles. The first-order chi connectivity index (χ1) is 19.1. The second-order valence-corrected chi connectivity index (χ2v) is 9.73. The normalized spacial score (nSPS) is 11.1. The number of aryl methyl sites for hydroxylation is 2. The molecule has 0 atom stereocenters. The van der Waals surface area contributed by atoms with Gasteiger partial charge in [-0.25, -0.2) is 9.80 Å². The van der Waals surface area contributed by atoms with E-state index in [4.69, 9.17) is 0 Å². The van der Waals surface area contributed by atoms with Crippen LogP contribution in [0.4, 0.5) is 4.79 Å². The lowest BCUT2D eigenvalue weighted by molar-refractivity contribution is 0.00720. The van der Waals surface area contributed by atoms with Crippen LogP contribution in [0.5, 0.6) is 0 Å². The van der Waals surface area contributed by atoms with Gasteiger partial charge in [-0.2, -0.15) is 0 Å². The fraction of sp³-hybridized carbons (Fsp3) is 0.312. The highest BCUT2D eigenvalue weighted by Gasteiger charge is 2.30. The van der Waals surface area contributed by atoms with Gasteiger partial charge in [0.15, 0.2) is 0 Å². The minimum Gasteiger partial charge on any atom is -0.316 e. The van der Waals surface area contributed by atoms with Crippen LogP contribution in [0.3, 0.4) is 0 Å². The highest BCUT2D eigenvalue weighted by Crippen LogP contribution is 2.22. The second-order valence-electron chi connectivity index (χ2n) is 9.73. The SMILES string of the molecule is CCN(C)N(Cc1ccccc1)C(=O)N(Cc1ccncc1)C(CCc1ccncc1)CCc1ccncc1. The van der Waals surface area contributed by atoms with E-state index in [9.17, 15) is 4.79 Å². The molecule has 0 radical (unpaired) electrons. The monoisotopic (exact) mass is 522 g/mol. The highest BCUT2D eigenvalue weighted by atomic mass is 16.2. The maximum absolute atomic E-state index is 14.5. The summed E-state index contributed by atoms with van der Waals surface area (Å²) in [6.45, 7) is 3.82. The van der Waals surface area contributed by atoms with Crippen molar-refractivity contribution in [3.05, 3.63) is 126 Å². The standard InChI is InChI=1S/C32H38N6O/c1-3-36(2)38(26-29-7-5-4-6-8-29)32(39)37(25-30-17-23-35-24-18-30)31(11-9-27-13-19-33-20-14-27)12-10-28-15-21-34-22-16-28/h4-8,13-24,31H,3,9-12,25-26H2,1-2H3. The summed E-state index contributed by atoms with van der Waals surface area (Å²) in [5.74, 6) is 0. The zero-order valence-electron chi connectivity index (χ0n) is 22.9. The van der Waals surface area contributed by atoms with Gasteiger partial charge in [-0.15, -0.1) is 0 Å². The second kappa shape index (κ2) is 14.7. The third kappa shape index (κ3) is 8.45. The van der Waals surface area contributed by atoms with E-state index in [1.165, 1.54) is 11.1 Å². The molecule has 4 aromatic rings. The molecule has 0 aliphatic rings. The number of hydrogen-bond acceptors (Lipinski definition) is 5. The summed E-state index contributed by atoms with van der Waals surface area (Å²) < 4.78 is 0. The van der Waals surface area contributed by atoms with Gasteiger partial charge in [0.2, 0.25) is 0 Å². The molecule has 0 aliphatic heterocycles. The Kier molecular flexibility index (Phi) is 10.6. The summed E-state index contributed by atoms with van der Waals surface area (Å²) in [4.78, 5) is 29.1. The Morgan fingerprint density at radius 3 is 1.62 bits per heavy atom. The Hall–Kier alpha value is -4.10. The number of hydrazine groups is 1. The average molecular weight is 523 g/mol. The van der Waals surface area contributed by atoms with Crippen LogP contribution >= 0.6 is 0 Å². The molecular weight excluding hydrogens is 484 g/mol. The lowest BCUT2D eigenvalue weighted by atomic mass is 9.98. The van der Waals surface area contributed by atoms with Crippen LogP contribution < -0.4 is 0 Å². The smallest absolute Gasteiger partial charge is 0.316 e. The zero-order chi connectivity index (χ0) is 27.3. The van der Waals surface area contributed by atoms with Crippen LogP contribution in [-0.4, -0.2) is 55.5 Å². The third-order valence-electron chi connectivity index (χ3n) is 7.09. The molecule has 0 unspecified atom stereocenters. The molecule has 1 aromatic carbocycles. The number of carbonyl (C=O) groups is 1.